The second-order valence-electron chi connectivity index (χ2n) is 14.2. The Morgan fingerprint density at radius 3 is 2.14 bits per heavy atom. The van der Waals surface area contributed by atoms with E-state index in [4.69, 9.17) is 4.74 Å². The van der Waals surface area contributed by atoms with Crippen LogP contribution < -0.4 is 0 Å². The number of hydrogen-bond acceptors (Lipinski definition) is 3. The Balaban J connectivity index is 1.40. The van der Waals surface area contributed by atoms with Gasteiger partial charge in [-0.1, -0.05) is 34.6 Å². The van der Waals surface area contributed by atoms with Gasteiger partial charge >= 0.3 is 12.1 Å². The number of halogens is 3. The van der Waals surface area contributed by atoms with E-state index in [1.54, 1.807) is 0 Å². The smallest absolute Gasteiger partial charge is 0.449 e. The molecule has 2 spiro atoms. The van der Waals surface area contributed by atoms with E-state index in [2.05, 4.69) is 27.7 Å². The van der Waals surface area contributed by atoms with Crippen molar-refractivity contribution in [2.75, 3.05) is 0 Å². The molecule has 0 unspecified atom stereocenters. The normalized spacial score (nSPS) is 48.6. The molecule has 0 saturated heterocycles. The Morgan fingerprint density at radius 1 is 0.886 bits per heavy atom. The van der Waals surface area contributed by atoms with Gasteiger partial charge in [0.25, 0.3) is 0 Å². The second-order valence-corrected chi connectivity index (χ2v) is 14.2. The third kappa shape index (κ3) is 3.22. The summed E-state index contributed by atoms with van der Waals surface area (Å²) in [5.41, 5.74) is 0.718. The summed E-state index contributed by atoms with van der Waals surface area (Å²) in [5, 5.41) is 0. The maximum absolute atomic E-state index is 13.0. The molecule has 0 aromatic rings. The molecule has 0 bridgehead atoms. The van der Waals surface area contributed by atoms with Gasteiger partial charge in [-0.15, -0.1) is 0 Å². The third-order valence-electron chi connectivity index (χ3n) is 12.9. The molecular weight excluding hydrogens is 453 g/mol. The monoisotopic (exact) mass is 496 g/mol. The van der Waals surface area contributed by atoms with Crippen molar-refractivity contribution in [3.05, 3.63) is 0 Å². The summed E-state index contributed by atoms with van der Waals surface area (Å²) in [6.07, 6.45) is 4.72. The molecule has 5 fully saturated rings. The molecule has 0 aliphatic heterocycles. The molecule has 0 N–H and O–H groups in total. The fourth-order valence-corrected chi connectivity index (χ4v) is 11.2. The largest absolute Gasteiger partial charge is 0.462 e. The van der Waals surface area contributed by atoms with Crippen molar-refractivity contribution in [2.45, 2.75) is 118 Å². The predicted molar refractivity (Wildman–Crippen MR) is 127 cm³/mol. The quantitative estimate of drug-likeness (QED) is 0.378. The predicted octanol–water partition coefficient (Wildman–Crippen LogP) is 7.51. The highest BCUT2D eigenvalue weighted by molar-refractivity contribution is 5.84. The van der Waals surface area contributed by atoms with E-state index in [0.29, 0.717) is 22.7 Å². The molecule has 5 rings (SSSR count). The van der Waals surface area contributed by atoms with E-state index in [9.17, 15) is 22.8 Å². The highest BCUT2D eigenvalue weighted by Gasteiger charge is 2.82. The standard InChI is InChI=1S/C29H43F3O3/c1-17(15-22(34)29(30,31)32)19-9-11-26(6)21-8-7-20-24(3,4)23(35-18(2)33)10-12-27(20)16-28(21,27)14-13-25(19,26)5/h17,19-21,23H,7-16H2,1-6H3/t17-,19-,20+,21+,23+,25-,26+,27-,28+/m1/s1. The lowest BCUT2D eigenvalue weighted by Gasteiger charge is -2.63. The van der Waals surface area contributed by atoms with Crippen molar-refractivity contribution < 1.29 is 27.5 Å². The maximum Gasteiger partial charge on any atom is 0.449 e. The summed E-state index contributed by atoms with van der Waals surface area (Å²) < 4.78 is 44.9. The van der Waals surface area contributed by atoms with Crippen LogP contribution in [0.15, 0.2) is 0 Å². The van der Waals surface area contributed by atoms with Crippen molar-refractivity contribution in [3.63, 3.8) is 0 Å². The molecule has 0 amide bonds. The van der Waals surface area contributed by atoms with Crippen LogP contribution in [0.5, 0.6) is 0 Å². The van der Waals surface area contributed by atoms with Gasteiger partial charge in [-0.05, 0) is 103 Å². The van der Waals surface area contributed by atoms with Crippen LogP contribution in [-0.2, 0) is 14.3 Å². The molecule has 198 valence electrons. The zero-order valence-electron chi connectivity index (χ0n) is 22.3. The van der Waals surface area contributed by atoms with Crippen LogP contribution in [0, 0.1) is 50.7 Å². The SMILES string of the molecule is CC(=O)O[C@H]1CC[C@]23C[C@]24CC[C@]2(C)[C@@H]([C@H](C)CC(=O)C(F)(F)F)CC[C@@]2(C)[C@@H]4CC[C@H]3C1(C)C. The Bertz CT molecular complexity index is 927. The fourth-order valence-electron chi connectivity index (χ4n) is 11.2. The van der Waals surface area contributed by atoms with Crippen LogP contribution in [0.1, 0.15) is 106 Å². The molecule has 5 saturated carbocycles. The maximum atomic E-state index is 13.0. The van der Waals surface area contributed by atoms with Crippen molar-refractivity contribution in [1.82, 2.24) is 0 Å². The summed E-state index contributed by atoms with van der Waals surface area (Å²) >= 11 is 0. The number of hydrogen-bond donors (Lipinski definition) is 0. The molecule has 6 heteroatoms. The number of alkyl halides is 3. The minimum absolute atomic E-state index is 0.0165. The van der Waals surface area contributed by atoms with Gasteiger partial charge in [-0.3, -0.25) is 9.59 Å². The van der Waals surface area contributed by atoms with Crippen molar-refractivity contribution in [3.8, 4) is 0 Å². The number of carbonyl (C=O) groups is 2. The molecule has 3 nitrogen and oxygen atoms in total. The number of Topliss-reactive ketones (excluding diaryl/α,β-unsaturated/α-hetero) is 1. The molecule has 9 atom stereocenters. The van der Waals surface area contributed by atoms with Gasteiger partial charge in [-0.2, -0.15) is 13.2 Å². The van der Waals surface area contributed by atoms with Gasteiger partial charge < -0.3 is 4.74 Å². The number of ether oxygens (including phenoxy) is 1. The van der Waals surface area contributed by atoms with Crippen molar-refractivity contribution in [2.24, 2.45) is 50.7 Å². The molecule has 5 aliphatic rings. The van der Waals surface area contributed by atoms with E-state index in [1.807, 2.05) is 6.92 Å². The Hall–Kier alpha value is -1.07. The van der Waals surface area contributed by atoms with Crippen molar-refractivity contribution in [1.29, 1.82) is 0 Å². The summed E-state index contributed by atoms with van der Waals surface area (Å²) in [7, 11) is 0. The first-order chi connectivity index (χ1) is 16.1. The molecule has 5 aliphatic carbocycles. The molecule has 0 radical (unpaired) electrons. The highest BCUT2D eigenvalue weighted by atomic mass is 19.4. The topological polar surface area (TPSA) is 43.4 Å². The summed E-state index contributed by atoms with van der Waals surface area (Å²) in [5.74, 6) is -0.677. The first-order valence-corrected chi connectivity index (χ1v) is 13.8. The average Bonchev–Trinajstić information content (AvgIpc) is 3.31. The van der Waals surface area contributed by atoms with Gasteiger partial charge in [0.05, 0.1) is 0 Å². The molecule has 0 aromatic heterocycles. The van der Waals surface area contributed by atoms with Crippen LogP contribution in [0.25, 0.3) is 0 Å². The fraction of sp³-hybridized carbons (Fsp3) is 0.931. The zero-order valence-corrected chi connectivity index (χ0v) is 22.3. The number of ketones is 1. The first-order valence-electron chi connectivity index (χ1n) is 13.8. The Morgan fingerprint density at radius 2 is 1.51 bits per heavy atom. The van der Waals surface area contributed by atoms with Gasteiger partial charge in [0, 0.05) is 18.8 Å². The van der Waals surface area contributed by atoms with Crippen LogP contribution in [0.4, 0.5) is 13.2 Å². The van der Waals surface area contributed by atoms with E-state index in [-0.39, 0.29) is 46.6 Å². The first kappa shape index (κ1) is 25.6. The summed E-state index contributed by atoms with van der Waals surface area (Å²) in [4.78, 5) is 23.6. The van der Waals surface area contributed by atoms with Crippen LogP contribution in [0.2, 0.25) is 0 Å². The number of fused-ring (bicyclic) bond motifs is 2. The average molecular weight is 497 g/mol. The molecule has 0 aromatic carbocycles. The highest BCUT2D eigenvalue weighted by Crippen LogP contribution is 2.89. The minimum Gasteiger partial charge on any atom is -0.462 e. The van der Waals surface area contributed by atoms with E-state index < -0.39 is 12.0 Å². The lowest BCUT2D eigenvalue weighted by atomic mass is 9.41. The zero-order chi connectivity index (χ0) is 25.8. The molecule has 35 heavy (non-hydrogen) atoms. The third-order valence-corrected chi connectivity index (χ3v) is 12.9. The Kier molecular flexibility index (Phi) is 5.48. The van der Waals surface area contributed by atoms with Gasteiger partial charge in [0.15, 0.2) is 0 Å². The van der Waals surface area contributed by atoms with E-state index in [0.717, 1.165) is 51.4 Å². The lowest BCUT2D eigenvalue weighted by Crippen LogP contribution is -2.58. The summed E-state index contributed by atoms with van der Waals surface area (Å²) in [6, 6.07) is 0. The number of carbonyl (C=O) groups excluding carboxylic acids is 2. The number of rotatable bonds is 4. The minimum atomic E-state index is -4.73. The van der Waals surface area contributed by atoms with Gasteiger partial charge in [0.2, 0.25) is 5.78 Å². The Labute approximate surface area is 208 Å². The van der Waals surface area contributed by atoms with Crippen LogP contribution in [-0.4, -0.2) is 24.0 Å². The van der Waals surface area contributed by atoms with Gasteiger partial charge in [0.1, 0.15) is 6.10 Å². The van der Waals surface area contributed by atoms with Gasteiger partial charge in [-0.25, -0.2) is 0 Å². The van der Waals surface area contributed by atoms with E-state index in [1.165, 1.54) is 13.3 Å². The summed E-state index contributed by atoms with van der Waals surface area (Å²) in [6.45, 7) is 12.8. The molecule has 0 heterocycles. The van der Waals surface area contributed by atoms with Crippen LogP contribution >= 0.6 is 0 Å². The van der Waals surface area contributed by atoms with Crippen LogP contribution in [0.3, 0.4) is 0 Å². The van der Waals surface area contributed by atoms with Crippen molar-refractivity contribution >= 4 is 11.8 Å². The van der Waals surface area contributed by atoms with E-state index >= 15 is 0 Å². The second kappa shape index (κ2) is 7.49. The molecular formula is C29H43F3O3. The number of esters is 1. The lowest BCUT2D eigenvalue weighted by molar-refractivity contribution is -0.182.